The molecule has 0 fully saturated rings. The molecule has 178 valence electrons. The largest absolute Gasteiger partial charge is 0.354 e. The van der Waals surface area contributed by atoms with Crippen molar-refractivity contribution in [3.05, 3.63) is 102 Å². The average molecular weight is 479 g/mol. The number of benzene rings is 3. The van der Waals surface area contributed by atoms with Gasteiger partial charge in [0.2, 0.25) is 11.8 Å². The summed E-state index contributed by atoms with van der Waals surface area (Å²) in [5.74, 6) is -0.168. The van der Waals surface area contributed by atoms with Crippen molar-refractivity contribution in [3.8, 4) is 0 Å². The van der Waals surface area contributed by atoms with Gasteiger partial charge in [0, 0.05) is 24.4 Å². The van der Waals surface area contributed by atoms with Gasteiger partial charge in [0.05, 0.1) is 5.75 Å². The van der Waals surface area contributed by atoms with E-state index in [1.807, 2.05) is 74.5 Å². The Morgan fingerprint density at radius 1 is 0.882 bits per heavy atom. The molecular weight excluding hydrogens is 447 g/mol. The predicted molar refractivity (Wildman–Crippen MR) is 136 cm³/mol. The summed E-state index contributed by atoms with van der Waals surface area (Å²) in [6, 6.07) is 24.8. The Balaban J connectivity index is 1.88. The molecule has 0 aliphatic heterocycles. The molecule has 0 aliphatic rings. The first-order valence-corrected chi connectivity index (χ1v) is 12.4. The first-order valence-electron chi connectivity index (χ1n) is 11.5. The molecule has 3 aromatic carbocycles. The summed E-state index contributed by atoms with van der Waals surface area (Å²) in [6.45, 7) is 4.82. The molecule has 0 saturated carbocycles. The van der Waals surface area contributed by atoms with E-state index < -0.39 is 6.04 Å². The van der Waals surface area contributed by atoms with Crippen LogP contribution in [0.1, 0.15) is 25.0 Å². The molecule has 2 amide bonds. The Labute approximate surface area is 205 Å². The van der Waals surface area contributed by atoms with Gasteiger partial charge in [0.15, 0.2) is 0 Å². The third-order valence-electron chi connectivity index (χ3n) is 5.33. The molecule has 0 saturated heterocycles. The molecule has 3 rings (SSSR count). The third kappa shape index (κ3) is 8.03. The maximum Gasteiger partial charge on any atom is 0.243 e. The van der Waals surface area contributed by atoms with Crippen LogP contribution in [0.3, 0.4) is 0 Å². The van der Waals surface area contributed by atoms with Crippen LogP contribution in [0, 0.1) is 11.7 Å². The van der Waals surface area contributed by atoms with Crippen molar-refractivity contribution in [2.75, 3.05) is 12.3 Å². The number of thioether (sulfide) groups is 1. The van der Waals surface area contributed by atoms with E-state index in [0.29, 0.717) is 13.0 Å². The summed E-state index contributed by atoms with van der Waals surface area (Å²) in [5.41, 5.74) is 1.74. The Bertz CT molecular complexity index is 1040. The van der Waals surface area contributed by atoms with Gasteiger partial charge in [-0.2, -0.15) is 0 Å². The standard InChI is InChI=1S/C28H31FN2O2S/c1-21(2)18-30-28(33)26(17-22-9-5-3-6-10-22)31(19-23-13-15-24(29)16-14-23)27(32)20-34-25-11-7-4-8-12-25/h3-16,21,26H,17-20H2,1-2H3,(H,30,33). The van der Waals surface area contributed by atoms with Gasteiger partial charge in [-0.05, 0) is 41.3 Å². The van der Waals surface area contributed by atoms with Crippen molar-refractivity contribution in [1.29, 1.82) is 0 Å². The van der Waals surface area contributed by atoms with Crippen LogP contribution >= 0.6 is 11.8 Å². The number of nitrogens with one attached hydrogen (secondary N) is 1. The molecule has 0 heterocycles. The van der Waals surface area contributed by atoms with Crippen molar-refractivity contribution in [2.24, 2.45) is 5.92 Å². The molecule has 0 aromatic heterocycles. The average Bonchev–Trinajstić information content (AvgIpc) is 2.85. The van der Waals surface area contributed by atoms with E-state index >= 15 is 0 Å². The first kappa shape index (κ1) is 25.5. The maximum absolute atomic E-state index is 13.5. The third-order valence-corrected chi connectivity index (χ3v) is 6.32. The zero-order chi connectivity index (χ0) is 24.3. The molecule has 6 heteroatoms. The Morgan fingerprint density at radius 2 is 1.50 bits per heavy atom. The SMILES string of the molecule is CC(C)CNC(=O)C(Cc1ccccc1)N(Cc1ccc(F)cc1)C(=O)CSc1ccccc1. The van der Waals surface area contributed by atoms with E-state index in [0.717, 1.165) is 16.0 Å². The topological polar surface area (TPSA) is 49.4 Å². The molecule has 0 radical (unpaired) electrons. The van der Waals surface area contributed by atoms with Gasteiger partial charge in [-0.1, -0.05) is 74.5 Å². The van der Waals surface area contributed by atoms with E-state index in [-0.39, 0.29) is 35.8 Å². The first-order chi connectivity index (χ1) is 16.4. The van der Waals surface area contributed by atoms with E-state index in [1.54, 1.807) is 17.0 Å². The Morgan fingerprint density at radius 3 is 2.12 bits per heavy atom. The van der Waals surface area contributed by atoms with Crippen LogP contribution in [0.2, 0.25) is 0 Å². The van der Waals surface area contributed by atoms with E-state index in [2.05, 4.69) is 5.32 Å². The van der Waals surface area contributed by atoms with E-state index in [4.69, 9.17) is 0 Å². The summed E-state index contributed by atoms with van der Waals surface area (Å²) in [4.78, 5) is 29.5. The number of hydrogen-bond donors (Lipinski definition) is 1. The monoisotopic (exact) mass is 478 g/mol. The Kier molecular flexibility index (Phi) is 9.71. The molecule has 34 heavy (non-hydrogen) atoms. The summed E-state index contributed by atoms with van der Waals surface area (Å²) in [7, 11) is 0. The Hall–Kier alpha value is -3.12. The van der Waals surface area contributed by atoms with Gasteiger partial charge in [0.25, 0.3) is 0 Å². The lowest BCUT2D eigenvalue weighted by atomic mass is 10.0. The summed E-state index contributed by atoms with van der Waals surface area (Å²) >= 11 is 1.44. The number of carbonyl (C=O) groups excluding carboxylic acids is 2. The maximum atomic E-state index is 13.5. The lowest BCUT2D eigenvalue weighted by Gasteiger charge is -2.31. The second kappa shape index (κ2) is 12.9. The summed E-state index contributed by atoms with van der Waals surface area (Å²) in [5, 5.41) is 3.01. The molecule has 4 nitrogen and oxygen atoms in total. The van der Waals surface area contributed by atoms with Gasteiger partial charge < -0.3 is 10.2 Å². The van der Waals surface area contributed by atoms with Crippen LogP contribution in [0.25, 0.3) is 0 Å². The van der Waals surface area contributed by atoms with Gasteiger partial charge in [-0.3, -0.25) is 9.59 Å². The molecular formula is C28H31FN2O2S. The zero-order valence-electron chi connectivity index (χ0n) is 19.6. The van der Waals surface area contributed by atoms with Crippen molar-refractivity contribution in [1.82, 2.24) is 10.2 Å². The fourth-order valence-corrected chi connectivity index (χ4v) is 4.31. The molecule has 1 N–H and O–H groups in total. The highest BCUT2D eigenvalue weighted by Crippen LogP contribution is 2.21. The fraction of sp³-hybridized carbons (Fsp3) is 0.286. The number of hydrogen-bond acceptors (Lipinski definition) is 3. The molecule has 0 bridgehead atoms. The van der Waals surface area contributed by atoms with Gasteiger partial charge in [0.1, 0.15) is 11.9 Å². The number of rotatable bonds is 11. The summed E-state index contributed by atoms with van der Waals surface area (Å²) in [6.07, 6.45) is 0.397. The van der Waals surface area contributed by atoms with Crippen LogP contribution in [0.5, 0.6) is 0 Å². The van der Waals surface area contributed by atoms with Crippen LogP contribution in [0.4, 0.5) is 4.39 Å². The minimum Gasteiger partial charge on any atom is -0.354 e. The van der Waals surface area contributed by atoms with Crippen LogP contribution < -0.4 is 5.32 Å². The van der Waals surface area contributed by atoms with Gasteiger partial charge >= 0.3 is 0 Å². The highest BCUT2D eigenvalue weighted by molar-refractivity contribution is 8.00. The number of nitrogens with zero attached hydrogens (tertiary/aromatic N) is 1. The van der Waals surface area contributed by atoms with E-state index in [9.17, 15) is 14.0 Å². The van der Waals surface area contributed by atoms with Gasteiger partial charge in [-0.15, -0.1) is 11.8 Å². The zero-order valence-corrected chi connectivity index (χ0v) is 20.4. The minimum absolute atomic E-state index is 0.140. The lowest BCUT2D eigenvalue weighted by Crippen LogP contribution is -2.51. The molecule has 1 unspecified atom stereocenters. The summed E-state index contributed by atoms with van der Waals surface area (Å²) < 4.78 is 13.5. The smallest absolute Gasteiger partial charge is 0.243 e. The van der Waals surface area contributed by atoms with Crippen molar-refractivity contribution < 1.29 is 14.0 Å². The molecule has 0 aliphatic carbocycles. The van der Waals surface area contributed by atoms with Crippen molar-refractivity contribution in [3.63, 3.8) is 0 Å². The highest BCUT2D eigenvalue weighted by Gasteiger charge is 2.30. The quantitative estimate of drug-likeness (QED) is 0.379. The number of halogens is 1. The van der Waals surface area contributed by atoms with E-state index in [1.165, 1.54) is 23.9 Å². The predicted octanol–water partition coefficient (Wildman–Crippen LogP) is 5.33. The molecule has 1 atom stereocenters. The van der Waals surface area contributed by atoms with Crippen LogP contribution in [0.15, 0.2) is 89.8 Å². The number of amides is 2. The number of carbonyl (C=O) groups is 2. The molecule has 0 spiro atoms. The molecule has 3 aromatic rings. The second-order valence-electron chi connectivity index (χ2n) is 8.59. The van der Waals surface area contributed by atoms with Crippen molar-refractivity contribution in [2.45, 2.75) is 37.8 Å². The van der Waals surface area contributed by atoms with Crippen LogP contribution in [-0.2, 0) is 22.6 Å². The highest BCUT2D eigenvalue weighted by atomic mass is 32.2. The lowest BCUT2D eigenvalue weighted by molar-refractivity contribution is -0.139. The normalized spacial score (nSPS) is 11.8. The van der Waals surface area contributed by atoms with Crippen molar-refractivity contribution >= 4 is 23.6 Å². The minimum atomic E-state index is -0.685. The second-order valence-corrected chi connectivity index (χ2v) is 9.64. The fourth-order valence-electron chi connectivity index (χ4n) is 3.51. The van der Waals surface area contributed by atoms with Gasteiger partial charge in [-0.25, -0.2) is 4.39 Å². The van der Waals surface area contributed by atoms with Crippen LogP contribution in [-0.4, -0.2) is 35.1 Å².